The molecule has 0 spiro atoms. The maximum absolute atomic E-state index is 12.8. The van der Waals surface area contributed by atoms with E-state index < -0.39 is 5.91 Å². The van der Waals surface area contributed by atoms with Crippen LogP contribution < -0.4 is 10.6 Å². The standard InChI is InChI=1S/C22H17BrN2O2/c23-19-14-8-7-13-18(19)21(26)25-20(15-16-9-3-1-4-10-16)22(27)24-17-11-5-2-6-12-17/h1-15H,(H,24,27)(H,25,26)/b20-15-. The molecule has 0 fully saturated rings. The summed E-state index contributed by atoms with van der Waals surface area (Å²) in [6.07, 6.45) is 1.65. The Morgan fingerprint density at radius 1 is 0.778 bits per heavy atom. The van der Waals surface area contributed by atoms with E-state index in [1.165, 1.54) is 0 Å². The van der Waals surface area contributed by atoms with Gasteiger partial charge in [0.15, 0.2) is 0 Å². The molecule has 0 bridgehead atoms. The minimum absolute atomic E-state index is 0.158. The molecule has 2 N–H and O–H groups in total. The molecule has 3 aromatic rings. The predicted molar refractivity (Wildman–Crippen MR) is 111 cm³/mol. The van der Waals surface area contributed by atoms with Crippen LogP contribution >= 0.6 is 15.9 Å². The number of hydrogen-bond acceptors (Lipinski definition) is 2. The van der Waals surface area contributed by atoms with Gasteiger partial charge in [0.2, 0.25) is 0 Å². The number of rotatable bonds is 5. The number of amides is 2. The third-order valence-corrected chi connectivity index (χ3v) is 4.45. The van der Waals surface area contributed by atoms with E-state index in [4.69, 9.17) is 0 Å². The van der Waals surface area contributed by atoms with E-state index in [1.54, 1.807) is 36.4 Å². The van der Waals surface area contributed by atoms with Crippen LogP contribution in [0.15, 0.2) is 95.1 Å². The summed E-state index contributed by atoms with van der Waals surface area (Å²) >= 11 is 3.36. The van der Waals surface area contributed by atoms with Crippen LogP contribution in [-0.2, 0) is 4.79 Å². The number of anilines is 1. The highest BCUT2D eigenvalue weighted by Gasteiger charge is 2.16. The lowest BCUT2D eigenvalue weighted by atomic mass is 10.1. The van der Waals surface area contributed by atoms with Gasteiger partial charge in [-0.3, -0.25) is 9.59 Å². The van der Waals surface area contributed by atoms with Gasteiger partial charge in [-0.15, -0.1) is 0 Å². The molecule has 0 atom stereocenters. The Morgan fingerprint density at radius 2 is 1.37 bits per heavy atom. The molecule has 0 aromatic heterocycles. The van der Waals surface area contributed by atoms with Crippen molar-refractivity contribution in [3.05, 3.63) is 106 Å². The maximum atomic E-state index is 12.8. The fourth-order valence-corrected chi connectivity index (χ4v) is 2.89. The first kappa shape index (κ1) is 18.6. The third-order valence-electron chi connectivity index (χ3n) is 3.75. The Balaban J connectivity index is 1.88. The molecule has 0 unspecified atom stereocenters. The Kier molecular flexibility index (Phi) is 6.18. The maximum Gasteiger partial charge on any atom is 0.272 e. The average molecular weight is 421 g/mol. The van der Waals surface area contributed by atoms with Crippen molar-refractivity contribution in [2.75, 3.05) is 5.32 Å². The van der Waals surface area contributed by atoms with Crippen LogP contribution in [0.3, 0.4) is 0 Å². The van der Waals surface area contributed by atoms with Gasteiger partial charge < -0.3 is 10.6 Å². The van der Waals surface area contributed by atoms with Gasteiger partial charge in [0, 0.05) is 10.2 Å². The van der Waals surface area contributed by atoms with E-state index in [0.717, 1.165) is 5.56 Å². The first-order valence-corrected chi connectivity index (χ1v) is 9.12. The molecule has 27 heavy (non-hydrogen) atoms. The van der Waals surface area contributed by atoms with E-state index in [0.29, 0.717) is 15.7 Å². The van der Waals surface area contributed by atoms with Gasteiger partial charge in [0.05, 0.1) is 5.56 Å². The summed E-state index contributed by atoms with van der Waals surface area (Å²) in [6.45, 7) is 0. The summed E-state index contributed by atoms with van der Waals surface area (Å²) in [5.41, 5.74) is 2.06. The quantitative estimate of drug-likeness (QED) is 0.579. The number of carbonyl (C=O) groups excluding carboxylic acids is 2. The van der Waals surface area contributed by atoms with E-state index in [9.17, 15) is 9.59 Å². The van der Waals surface area contributed by atoms with Gasteiger partial charge in [0.1, 0.15) is 5.70 Å². The Labute approximate surface area is 166 Å². The molecular weight excluding hydrogens is 404 g/mol. The molecule has 0 aliphatic heterocycles. The largest absolute Gasteiger partial charge is 0.321 e. The summed E-state index contributed by atoms with van der Waals surface area (Å²) in [7, 11) is 0. The van der Waals surface area contributed by atoms with Gasteiger partial charge >= 0.3 is 0 Å². The monoisotopic (exact) mass is 420 g/mol. The topological polar surface area (TPSA) is 58.2 Å². The van der Waals surface area contributed by atoms with Gasteiger partial charge in [-0.1, -0.05) is 60.7 Å². The molecule has 4 nitrogen and oxygen atoms in total. The molecule has 5 heteroatoms. The molecule has 0 saturated carbocycles. The number of benzene rings is 3. The van der Waals surface area contributed by atoms with E-state index in [1.807, 2.05) is 54.6 Å². The van der Waals surface area contributed by atoms with Crippen molar-refractivity contribution < 1.29 is 9.59 Å². The molecule has 134 valence electrons. The van der Waals surface area contributed by atoms with Gasteiger partial charge in [-0.2, -0.15) is 0 Å². The van der Waals surface area contributed by atoms with Crippen LogP contribution in [0.1, 0.15) is 15.9 Å². The zero-order valence-electron chi connectivity index (χ0n) is 14.4. The molecular formula is C22H17BrN2O2. The first-order valence-electron chi connectivity index (χ1n) is 8.32. The third kappa shape index (κ3) is 5.15. The van der Waals surface area contributed by atoms with Crippen LogP contribution in [-0.4, -0.2) is 11.8 Å². The molecule has 3 aromatic carbocycles. The van der Waals surface area contributed by atoms with E-state index in [2.05, 4.69) is 26.6 Å². The van der Waals surface area contributed by atoms with Crippen LogP contribution in [0.5, 0.6) is 0 Å². The van der Waals surface area contributed by atoms with Crippen molar-refractivity contribution in [1.82, 2.24) is 5.32 Å². The minimum atomic E-state index is -0.398. The molecule has 0 aliphatic rings. The van der Waals surface area contributed by atoms with Crippen molar-refractivity contribution >= 4 is 39.5 Å². The Bertz CT molecular complexity index is 970. The summed E-state index contributed by atoms with van der Waals surface area (Å²) in [6, 6.07) is 25.5. The normalized spacial score (nSPS) is 10.9. The van der Waals surface area contributed by atoms with Crippen molar-refractivity contribution in [2.24, 2.45) is 0 Å². The van der Waals surface area contributed by atoms with Gasteiger partial charge in [0.25, 0.3) is 11.8 Å². The summed E-state index contributed by atoms with van der Waals surface area (Å²) in [5.74, 6) is -0.765. The Morgan fingerprint density at radius 3 is 2.04 bits per heavy atom. The number of hydrogen-bond donors (Lipinski definition) is 2. The smallest absolute Gasteiger partial charge is 0.272 e. The van der Waals surface area contributed by atoms with Crippen LogP contribution in [0.4, 0.5) is 5.69 Å². The molecule has 3 rings (SSSR count). The SMILES string of the molecule is O=C(Nc1ccccc1)/C(=C/c1ccccc1)NC(=O)c1ccccc1Br. The predicted octanol–water partition coefficient (Wildman–Crippen LogP) is 4.86. The van der Waals surface area contributed by atoms with Gasteiger partial charge in [-0.25, -0.2) is 0 Å². The number of nitrogens with one attached hydrogen (secondary N) is 2. The minimum Gasteiger partial charge on any atom is -0.321 e. The Hall–Kier alpha value is -3.18. The fourth-order valence-electron chi connectivity index (χ4n) is 2.43. The lowest BCUT2D eigenvalue weighted by Crippen LogP contribution is -2.31. The summed E-state index contributed by atoms with van der Waals surface area (Å²) in [5, 5.41) is 5.52. The van der Waals surface area contributed by atoms with E-state index >= 15 is 0 Å². The van der Waals surface area contributed by atoms with Gasteiger partial charge in [-0.05, 0) is 51.8 Å². The van der Waals surface area contributed by atoms with Crippen LogP contribution in [0, 0.1) is 0 Å². The van der Waals surface area contributed by atoms with Crippen molar-refractivity contribution in [2.45, 2.75) is 0 Å². The lowest BCUT2D eigenvalue weighted by Gasteiger charge is -2.12. The van der Waals surface area contributed by atoms with Crippen LogP contribution in [0.25, 0.3) is 6.08 Å². The average Bonchev–Trinajstić information content (AvgIpc) is 2.69. The van der Waals surface area contributed by atoms with Crippen molar-refractivity contribution in [1.29, 1.82) is 0 Å². The molecule has 0 radical (unpaired) electrons. The number of carbonyl (C=O) groups is 2. The molecule has 0 aliphatic carbocycles. The highest BCUT2D eigenvalue weighted by Crippen LogP contribution is 2.17. The fraction of sp³-hybridized carbons (Fsp3) is 0. The second kappa shape index (κ2) is 8.96. The summed E-state index contributed by atoms with van der Waals surface area (Å²) < 4.78 is 0.657. The second-order valence-corrected chi connectivity index (χ2v) is 6.58. The highest BCUT2D eigenvalue weighted by atomic mass is 79.9. The zero-order chi connectivity index (χ0) is 19.1. The van der Waals surface area contributed by atoms with Crippen molar-refractivity contribution in [3.63, 3.8) is 0 Å². The number of para-hydroxylation sites is 1. The highest BCUT2D eigenvalue weighted by molar-refractivity contribution is 9.10. The second-order valence-electron chi connectivity index (χ2n) is 5.72. The first-order chi connectivity index (χ1) is 13.1. The molecule has 0 saturated heterocycles. The van der Waals surface area contributed by atoms with Crippen molar-refractivity contribution in [3.8, 4) is 0 Å². The lowest BCUT2D eigenvalue weighted by molar-refractivity contribution is -0.113. The number of halogens is 1. The van der Waals surface area contributed by atoms with Crippen LogP contribution in [0.2, 0.25) is 0 Å². The van der Waals surface area contributed by atoms with E-state index in [-0.39, 0.29) is 11.6 Å². The molecule has 2 amide bonds. The molecule has 0 heterocycles. The zero-order valence-corrected chi connectivity index (χ0v) is 15.9. The summed E-state index contributed by atoms with van der Waals surface area (Å²) in [4.78, 5) is 25.4.